The van der Waals surface area contributed by atoms with Crippen molar-refractivity contribution in [1.29, 1.82) is 0 Å². The molecule has 0 saturated carbocycles. The fourth-order valence-corrected chi connectivity index (χ4v) is 54.4. The van der Waals surface area contributed by atoms with Crippen molar-refractivity contribution in [3.8, 4) is 0 Å². The molecule has 8 bridgehead atoms. The topological polar surface area (TPSA) is 120 Å². The van der Waals surface area contributed by atoms with E-state index in [1.54, 1.807) is 0 Å². The second-order valence-corrected chi connectivity index (χ2v) is 36.7. The molecule has 0 aliphatic carbocycles. The van der Waals surface area contributed by atoms with E-state index in [1.165, 1.54) is 0 Å². The zero-order chi connectivity index (χ0) is 29.1. The Balaban J connectivity index is 1.82. The summed E-state index contributed by atoms with van der Waals surface area (Å²) >= 11 is 0. The first-order valence-electron chi connectivity index (χ1n) is 14.9. The van der Waals surface area contributed by atoms with Crippen LogP contribution in [-0.4, -0.2) is 82.8 Å². The van der Waals surface area contributed by atoms with Crippen molar-refractivity contribution in [2.75, 3.05) is 6.23 Å². The van der Waals surface area contributed by atoms with E-state index in [0.717, 1.165) is 6.42 Å². The molecule has 21 heteroatoms. The molecule has 0 spiro atoms. The molecule has 0 amide bonds. The molecule has 232 valence electrons. The highest BCUT2D eigenvalue weighted by atomic mass is 28.6. The maximum atomic E-state index is 7.13. The first-order valence-corrected chi connectivity index (χ1v) is 30.3. The minimum Gasteiger partial charge on any atom is -0.374 e. The molecular weight excluding hydrogens is 661 g/mol. The van der Waals surface area contributed by atoms with Crippen LogP contribution in [0.15, 0.2) is 0 Å². The van der Waals surface area contributed by atoms with Gasteiger partial charge in [0.25, 0.3) is 0 Å². The second kappa shape index (κ2) is 11.2. The lowest BCUT2D eigenvalue weighted by Gasteiger charge is -2.62. The van der Waals surface area contributed by atoms with Crippen molar-refractivity contribution in [2.24, 2.45) is 0 Å². The SMILES string of the molecule is CCC(C)OC[Si]12O[Si]3(CC)O[Si]4(CC)O[Si]5(CC)O[Si](CC)(O3)O[Si](CC)(O[Si](CC)(O5)O[Si](CC)(O4)O1)O2. The Labute approximate surface area is 247 Å². The van der Waals surface area contributed by atoms with E-state index in [4.69, 9.17) is 54.1 Å². The Kier molecular flexibility index (Phi) is 9.15. The molecule has 40 heavy (non-hydrogen) atoms. The van der Waals surface area contributed by atoms with Crippen molar-refractivity contribution >= 4 is 70.4 Å². The molecule has 13 nitrogen and oxygen atoms in total. The molecule has 6 aliphatic rings. The van der Waals surface area contributed by atoms with Gasteiger partial charge in [-0.1, -0.05) is 55.4 Å². The van der Waals surface area contributed by atoms with Gasteiger partial charge in [-0.15, -0.1) is 0 Å². The third-order valence-corrected chi connectivity index (χ3v) is 44.3. The molecule has 6 aliphatic heterocycles. The normalized spacial score (nSPS) is 50.6. The Morgan fingerprint density at radius 3 is 0.750 bits per heavy atom. The molecule has 6 fully saturated rings. The maximum absolute atomic E-state index is 7.13. The number of hydrogen-bond acceptors (Lipinski definition) is 13. The molecule has 6 saturated heterocycles. The minimum atomic E-state index is -3.85. The van der Waals surface area contributed by atoms with Gasteiger partial charge in [-0.05, 0) is 13.3 Å². The Morgan fingerprint density at radius 1 is 0.375 bits per heavy atom. The summed E-state index contributed by atoms with van der Waals surface area (Å²) in [6.07, 6.45) is 0.810. The minimum absolute atomic E-state index is 0.0589. The molecule has 6 heterocycles. The highest BCUT2D eigenvalue weighted by Crippen LogP contribution is 2.52. The van der Waals surface area contributed by atoms with Crippen LogP contribution in [0.4, 0.5) is 0 Å². The Bertz CT molecular complexity index is 829. The molecule has 0 aromatic carbocycles. The number of hydrogen-bond donors (Lipinski definition) is 0. The van der Waals surface area contributed by atoms with Gasteiger partial charge >= 0.3 is 70.4 Å². The van der Waals surface area contributed by atoms with Crippen LogP contribution < -0.4 is 0 Å². The molecule has 0 radical (unpaired) electrons. The van der Waals surface area contributed by atoms with Crippen molar-refractivity contribution < 1.29 is 54.1 Å². The second-order valence-electron chi connectivity index (χ2n) is 10.7. The average molecular weight is 707 g/mol. The zero-order valence-electron chi connectivity index (χ0n) is 25.2. The zero-order valence-corrected chi connectivity index (χ0v) is 33.2. The van der Waals surface area contributed by atoms with E-state index in [0.29, 0.717) is 42.3 Å². The van der Waals surface area contributed by atoms with E-state index >= 15 is 0 Å². The third-order valence-electron chi connectivity index (χ3n) is 7.88. The first kappa shape index (κ1) is 32.6. The molecule has 0 N–H and O–H groups in total. The van der Waals surface area contributed by atoms with E-state index in [9.17, 15) is 0 Å². The summed E-state index contributed by atoms with van der Waals surface area (Å²) in [7, 11) is -29.2. The highest BCUT2D eigenvalue weighted by Gasteiger charge is 2.82. The van der Waals surface area contributed by atoms with Crippen molar-refractivity contribution in [3.05, 3.63) is 0 Å². The van der Waals surface area contributed by atoms with Crippen LogP contribution in [0.3, 0.4) is 0 Å². The van der Waals surface area contributed by atoms with Crippen LogP contribution in [0.25, 0.3) is 0 Å². The summed E-state index contributed by atoms with van der Waals surface area (Å²) in [5, 5.41) is 0. The monoisotopic (exact) mass is 706 g/mol. The van der Waals surface area contributed by atoms with E-state index in [-0.39, 0.29) is 12.3 Å². The summed E-state index contributed by atoms with van der Waals surface area (Å²) in [5.41, 5.74) is 0. The van der Waals surface area contributed by atoms with E-state index in [1.807, 2.05) is 55.4 Å². The van der Waals surface area contributed by atoms with E-state index in [2.05, 4.69) is 6.92 Å². The smallest absolute Gasteiger partial charge is 0.374 e. The van der Waals surface area contributed by atoms with Gasteiger partial charge in [-0.2, -0.15) is 0 Å². The van der Waals surface area contributed by atoms with Gasteiger partial charge in [-0.25, -0.2) is 0 Å². The third kappa shape index (κ3) is 5.48. The molecular formula is C19H46O13Si8. The Morgan fingerprint density at radius 2 is 0.575 bits per heavy atom. The van der Waals surface area contributed by atoms with Crippen LogP contribution in [0, 0.1) is 0 Å². The average Bonchev–Trinajstić information content (AvgIpc) is 2.90. The van der Waals surface area contributed by atoms with Crippen LogP contribution >= 0.6 is 0 Å². The first-order chi connectivity index (χ1) is 18.9. The van der Waals surface area contributed by atoms with E-state index < -0.39 is 70.4 Å². The van der Waals surface area contributed by atoms with Crippen LogP contribution in [-0.2, 0) is 54.1 Å². The summed E-state index contributed by atoms with van der Waals surface area (Å²) in [5.74, 6) is 0. The quantitative estimate of drug-likeness (QED) is 0.285. The lowest BCUT2D eigenvalue weighted by Crippen LogP contribution is -2.88. The Hall–Kier alpha value is 1.22. The molecule has 0 aromatic heterocycles. The summed E-state index contributed by atoms with van der Waals surface area (Å²) in [6, 6.07) is 3.01. The van der Waals surface area contributed by atoms with Crippen LogP contribution in [0.2, 0.25) is 42.3 Å². The standard InChI is InChI=1S/C19H46O13Si8/c1-10-19(9)20-18-40-30-37(15-6)24-34(12-3)21-33(11-2)22-35(13-4,26-37)28-39(17-8,32-40)29-36(14-5,23-33)27-38(16-7,25-34)31-40/h19H,10-18H2,1-9H3. The van der Waals surface area contributed by atoms with Crippen molar-refractivity contribution in [3.63, 3.8) is 0 Å². The maximum Gasteiger partial charge on any atom is 0.506 e. The van der Waals surface area contributed by atoms with Gasteiger partial charge in [0.2, 0.25) is 0 Å². The van der Waals surface area contributed by atoms with Gasteiger partial charge < -0.3 is 54.1 Å². The summed E-state index contributed by atoms with van der Waals surface area (Å²) in [6.45, 7) is 17.9. The predicted octanol–water partition coefficient (Wildman–Crippen LogP) is 4.26. The van der Waals surface area contributed by atoms with Crippen LogP contribution in [0.1, 0.15) is 68.7 Å². The van der Waals surface area contributed by atoms with Crippen molar-refractivity contribution in [2.45, 2.75) is 117 Å². The summed E-state index contributed by atoms with van der Waals surface area (Å²) < 4.78 is 91.4. The fourth-order valence-electron chi connectivity index (χ4n) is 5.31. The van der Waals surface area contributed by atoms with Crippen molar-refractivity contribution in [1.82, 2.24) is 0 Å². The molecule has 6 rings (SSSR count). The summed E-state index contributed by atoms with van der Waals surface area (Å²) in [4.78, 5) is 0. The van der Waals surface area contributed by atoms with Gasteiger partial charge in [0.15, 0.2) is 0 Å². The molecule has 0 aromatic rings. The molecule has 1 unspecified atom stereocenters. The largest absolute Gasteiger partial charge is 0.506 e. The number of ether oxygens (including phenoxy) is 1. The fraction of sp³-hybridized carbons (Fsp3) is 1.00. The van der Waals surface area contributed by atoms with Gasteiger partial charge in [0.05, 0.1) is 6.10 Å². The van der Waals surface area contributed by atoms with Crippen LogP contribution in [0.5, 0.6) is 0 Å². The molecule has 1 atom stereocenters. The van der Waals surface area contributed by atoms with Gasteiger partial charge in [0, 0.05) is 42.3 Å². The lowest BCUT2D eigenvalue weighted by atomic mass is 10.3. The highest BCUT2D eigenvalue weighted by molar-refractivity contribution is 7.03. The van der Waals surface area contributed by atoms with Gasteiger partial charge in [0.1, 0.15) is 6.23 Å². The predicted molar refractivity (Wildman–Crippen MR) is 158 cm³/mol. The number of rotatable bonds is 11. The lowest BCUT2D eigenvalue weighted by molar-refractivity contribution is -0.0402. The van der Waals surface area contributed by atoms with Gasteiger partial charge in [-0.3, -0.25) is 0 Å².